The highest BCUT2D eigenvalue weighted by atomic mass is 79.9. The Morgan fingerprint density at radius 1 is 1.48 bits per heavy atom. The van der Waals surface area contributed by atoms with Crippen LogP contribution in [0.4, 0.5) is 0 Å². The molecule has 1 aliphatic heterocycles. The zero-order valence-electron chi connectivity index (χ0n) is 11.0. The van der Waals surface area contributed by atoms with Gasteiger partial charge in [-0.25, -0.2) is 18.3 Å². The van der Waals surface area contributed by atoms with Gasteiger partial charge in [-0.1, -0.05) is 15.9 Å². The number of sulfonamides is 1. The van der Waals surface area contributed by atoms with Crippen molar-refractivity contribution in [3.05, 3.63) is 44.7 Å². The summed E-state index contributed by atoms with van der Waals surface area (Å²) in [4.78, 5) is 11.2. The first-order valence-corrected chi connectivity index (χ1v) is 8.48. The third-order valence-corrected chi connectivity index (χ3v) is 6.01. The standard InChI is InChI=1S/C12H12BrN3O4S/c1-7-9-6-8(13)2-3-10(9)21(18,19)16(7)5-4-11-14-15-12(17)20-11/h2-3,6-7H,4-5H2,1H3,(H,15,17). The fourth-order valence-electron chi connectivity index (χ4n) is 2.46. The minimum absolute atomic E-state index is 0.194. The number of nitrogens with zero attached hydrogens (tertiary/aromatic N) is 2. The molecule has 0 fully saturated rings. The van der Waals surface area contributed by atoms with Crippen molar-refractivity contribution in [3.8, 4) is 0 Å². The molecule has 0 radical (unpaired) electrons. The Labute approximate surface area is 129 Å². The minimum atomic E-state index is -3.52. The first kappa shape index (κ1) is 14.5. The van der Waals surface area contributed by atoms with Crippen LogP contribution in [0.3, 0.4) is 0 Å². The summed E-state index contributed by atoms with van der Waals surface area (Å²) >= 11 is 3.35. The molecular formula is C12H12BrN3O4S. The number of aromatic nitrogens is 2. The number of H-pyrrole nitrogens is 1. The van der Waals surface area contributed by atoms with E-state index in [2.05, 4.69) is 26.1 Å². The highest BCUT2D eigenvalue weighted by Gasteiger charge is 2.40. The molecule has 0 saturated carbocycles. The third-order valence-electron chi connectivity index (χ3n) is 3.47. The predicted octanol–water partition coefficient (Wildman–Crippen LogP) is 1.43. The molecule has 1 aliphatic rings. The van der Waals surface area contributed by atoms with Gasteiger partial charge in [0.15, 0.2) is 0 Å². The van der Waals surface area contributed by atoms with E-state index >= 15 is 0 Å². The summed E-state index contributed by atoms with van der Waals surface area (Å²) in [5.41, 5.74) is 0.757. The maximum Gasteiger partial charge on any atom is 0.434 e. The van der Waals surface area contributed by atoms with Gasteiger partial charge >= 0.3 is 5.76 Å². The van der Waals surface area contributed by atoms with Crippen LogP contribution in [-0.2, 0) is 16.4 Å². The van der Waals surface area contributed by atoms with Gasteiger partial charge in [0.05, 0.1) is 4.90 Å². The zero-order valence-corrected chi connectivity index (χ0v) is 13.4. The summed E-state index contributed by atoms with van der Waals surface area (Å²) in [7, 11) is -3.52. The molecule has 21 heavy (non-hydrogen) atoms. The molecule has 2 heterocycles. The van der Waals surface area contributed by atoms with Gasteiger partial charge in [0.25, 0.3) is 0 Å². The zero-order chi connectivity index (χ0) is 15.2. The summed E-state index contributed by atoms with van der Waals surface area (Å²) < 4.78 is 32.1. The molecule has 7 nitrogen and oxygen atoms in total. The Morgan fingerprint density at radius 2 is 2.24 bits per heavy atom. The van der Waals surface area contributed by atoms with Gasteiger partial charge in [-0.05, 0) is 30.7 Å². The van der Waals surface area contributed by atoms with Crippen molar-refractivity contribution >= 4 is 26.0 Å². The molecule has 1 aromatic heterocycles. The van der Waals surface area contributed by atoms with Crippen LogP contribution < -0.4 is 5.76 Å². The van der Waals surface area contributed by atoms with Crippen molar-refractivity contribution in [1.29, 1.82) is 0 Å². The van der Waals surface area contributed by atoms with Gasteiger partial charge in [-0.3, -0.25) is 0 Å². The summed E-state index contributed by atoms with van der Waals surface area (Å²) in [6, 6.07) is 4.85. The Morgan fingerprint density at radius 3 is 2.90 bits per heavy atom. The van der Waals surface area contributed by atoms with Crippen molar-refractivity contribution in [3.63, 3.8) is 0 Å². The number of nitrogens with one attached hydrogen (secondary N) is 1. The van der Waals surface area contributed by atoms with Crippen molar-refractivity contribution in [2.45, 2.75) is 24.3 Å². The lowest BCUT2D eigenvalue weighted by molar-refractivity contribution is 0.346. The highest BCUT2D eigenvalue weighted by molar-refractivity contribution is 9.10. The molecule has 1 N–H and O–H groups in total. The van der Waals surface area contributed by atoms with Crippen molar-refractivity contribution in [2.24, 2.45) is 0 Å². The lowest BCUT2D eigenvalue weighted by Gasteiger charge is -2.19. The van der Waals surface area contributed by atoms with E-state index in [0.29, 0.717) is 4.90 Å². The van der Waals surface area contributed by atoms with E-state index in [9.17, 15) is 13.2 Å². The Balaban J connectivity index is 1.89. The van der Waals surface area contributed by atoms with Gasteiger partial charge in [-0.15, -0.1) is 5.10 Å². The van der Waals surface area contributed by atoms with Crippen molar-refractivity contribution in [2.75, 3.05) is 6.54 Å². The first-order valence-electron chi connectivity index (χ1n) is 6.25. The summed E-state index contributed by atoms with van der Waals surface area (Å²) in [6.07, 6.45) is 0.234. The molecule has 0 spiro atoms. The van der Waals surface area contributed by atoms with Crippen LogP contribution >= 0.6 is 15.9 Å². The van der Waals surface area contributed by atoms with E-state index in [1.807, 2.05) is 13.0 Å². The summed E-state index contributed by atoms with van der Waals surface area (Å²) in [6.45, 7) is 2.03. The average Bonchev–Trinajstić information content (AvgIpc) is 2.90. The van der Waals surface area contributed by atoms with E-state index in [-0.39, 0.29) is 24.9 Å². The monoisotopic (exact) mass is 373 g/mol. The van der Waals surface area contributed by atoms with Crippen LogP contribution in [0.25, 0.3) is 0 Å². The van der Waals surface area contributed by atoms with Gasteiger partial charge < -0.3 is 4.42 Å². The third kappa shape index (κ3) is 2.45. The molecule has 3 rings (SSSR count). The number of aromatic amines is 1. The van der Waals surface area contributed by atoms with Gasteiger partial charge in [0.1, 0.15) is 0 Å². The van der Waals surface area contributed by atoms with E-state index in [1.54, 1.807) is 12.1 Å². The van der Waals surface area contributed by atoms with Crippen LogP contribution in [0.15, 0.2) is 36.8 Å². The molecule has 0 aliphatic carbocycles. The molecule has 0 saturated heterocycles. The predicted molar refractivity (Wildman–Crippen MR) is 77.3 cm³/mol. The quantitative estimate of drug-likeness (QED) is 0.877. The van der Waals surface area contributed by atoms with E-state index in [0.717, 1.165) is 10.0 Å². The van der Waals surface area contributed by atoms with Crippen LogP contribution in [0, 0.1) is 0 Å². The van der Waals surface area contributed by atoms with Crippen molar-refractivity contribution in [1.82, 2.24) is 14.5 Å². The molecule has 112 valence electrons. The SMILES string of the molecule is CC1c2cc(Br)ccc2S(=O)(=O)N1CCc1n[nH]c(=O)o1. The Kier molecular flexibility index (Phi) is 3.50. The fourth-order valence-corrected chi connectivity index (χ4v) is 4.72. The molecule has 0 amide bonds. The number of rotatable bonds is 3. The molecule has 1 unspecified atom stereocenters. The van der Waals surface area contributed by atoms with Crippen LogP contribution in [-0.4, -0.2) is 29.5 Å². The Bertz CT molecular complexity index is 842. The minimum Gasteiger partial charge on any atom is -0.392 e. The summed E-state index contributed by atoms with van der Waals surface area (Å²) in [5, 5.41) is 5.83. The number of hydrogen-bond acceptors (Lipinski definition) is 5. The maximum atomic E-state index is 12.5. The number of benzene rings is 1. The number of hydrogen-bond donors (Lipinski definition) is 1. The maximum absolute atomic E-state index is 12.5. The lowest BCUT2D eigenvalue weighted by Crippen LogP contribution is -2.29. The van der Waals surface area contributed by atoms with Crippen LogP contribution in [0.1, 0.15) is 24.4 Å². The smallest absolute Gasteiger partial charge is 0.392 e. The molecule has 9 heteroatoms. The van der Waals surface area contributed by atoms with Crippen LogP contribution in [0.2, 0.25) is 0 Å². The number of fused-ring (bicyclic) bond motifs is 1. The normalized spacial score (nSPS) is 20.6. The second-order valence-corrected chi connectivity index (χ2v) is 7.51. The first-order chi connectivity index (χ1) is 9.89. The van der Waals surface area contributed by atoms with Crippen LogP contribution in [0.5, 0.6) is 0 Å². The lowest BCUT2D eigenvalue weighted by atomic mass is 10.1. The van der Waals surface area contributed by atoms with E-state index < -0.39 is 15.8 Å². The molecule has 2 aromatic rings. The van der Waals surface area contributed by atoms with Gasteiger partial charge in [0.2, 0.25) is 15.9 Å². The molecular weight excluding hydrogens is 362 g/mol. The van der Waals surface area contributed by atoms with E-state index in [4.69, 9.17) is 4.42 Å². The molecule has 1 aromatic carbocycles. The molecule has 1 atom stereocenters. The number of halogens is 1. The van der Waals surface area contributed by atoms with E-state index in [1.165, 1.54) is 4.31 Å². The topological polar surface area (TPSA) is 96.3 Å². The Hall–Kier alpha value is -1.45. The molecule has 0 bridgehead atoms. The second kappa shape index (κ2) is 5.08. The largest absolute Gasteiger partial charge is 0.434 e. The van der Waals surface area contributed by atoms with Crippen molar-refractivity contribution < 1.29 is 12.8 Å². The average molecular weight is 374 g/mol. The fraction of sp³-hybridized carbons (Fsp3) is 0.333. The van der Waals surface area contributed by atoms with Gasteiger partial charge in [0, 0.05) is 23.5 Å². The summed E-state index contributed by atoms with van der Waals surface area (Å²) in [5.74, 6) is -0.450. The van der Waals surface area contributed by atoms with Gasteiger partial charge in [-0.2, -0.15) is 4.31 Å². The second-order valence-electron chi connectivity index (χ2n) is 4.73. The highest BCUT2D eigenvalue weighted by Crippen LogP contribution is 2.40.